The van der Waals surface area contributed by atoms with Crippen LogP contribution >= 0.6 is 0 Å². The fourth-order valence-corrected chi connectivity index (χ4v) is 5.76. The SMILES string of the molecule is Cn1nnn(-c2cc(Nc3ncc(F)c(N[C@@H]4CC5CCCN5C(C)(C)C4)n3)ccc2OC2COC2)c1=O. The zero-order valence-corrected chi connectivity index (χ0v) is 21.7. The van der Waals surface area contributed by atoms with Crippen molar-refractivity contribution >= 4 is 17.5 Å². The Morgan fingerprint density at radius 2 is 2.08 bits per heavy atom. The number of aryl methyl sites for hydroxylation is 1. The molecule has 2 atom stereocenters. The summed E-state index contributed by atoms with van der Waals surface area (Å²) in [6.07, 6.45) is 5.30. The number of halogens is 1. The molecule has 0 radical (unpaired) electrons. The second-order valence-corrected chi connectivity index (χ2v) is 10.9. The molecule has 2 aromatic heterocycles. The summed E-state index contributed by atoms with van der Waals surface area (Å²) in [5, 5.41) is 14.2. The highest BCUT2D eigenvalue weighted by Gasteiger charge is 2.43. The minimum atomic E-state index is -0.500. The van der Waals surface area contributed by atoms with E-state index in [1.165, 1.54) is 19.9 Å². The number of benzene rings is 1. The number of nitrogens with one attached hydrogen (secondary N) is 2. The van der Waals surface area contributed by atoms with E-state index in [0.29, 0.717) is 36.4 Å². The van der Waals surface area contributed by atoms with Gasteiger partial charge in [0, 0.05) is 30.4 Å². The van der Waals surface area contributed by atoms with Crippen molar-refractivity contribution in [2.75, 3.05) is 30.4 Å². The fraction of sp³-hybridized carbons (Fsp3) is 0.560. The number of rotatable bonds is 7. The summed E-state index contributed by atoms with van der Waals surface area (Å²) < 4.78 is 28.2. The topological polar surface area (TPSA) is 124 Å². The number of aromatic nitrogens is 6. The van der Waals surface area contributed by atoms with Crippen LogP contribution in [0, 0.1) is 5.82 Å². The van der Waals surface area contributed by atoms with Crippen LogP contribution in [-0.4, -0.2) is 78.1 Å². The first kappa shape index (κ1) is 24.7. The maximum Gasteiger partial charge on any atom is 0.368 e. The smallest absolute Gasteiger partial charge is 0.368 e. The van der Waals surface area contributed by atoms with E-state index in [1.807, 2.05) is 0 Å². The van der Waals surface area contributed by atoms with Gasteiger partial charge in [-0.3, -0.25) is 4.90 Å². The molecular weight excluding hydrogens is 493 g/mol. The van der Waals surface area contributed by atoms with Crippen molar-refractivity contribution in [3.05, 3.63) is 40.7 Å². The molecule has 3 aliphatic rings. The Hall–Kier alpha value is -3.58. The maximum atomic E-state index is 14.8. The van der Waals surface area contributed by atoms with Crippen LogP contribution in [0.5, 0.6) is 5.75 Å². The molecular formula is C25H32FN9O3. The Bertz CT molecular complexity index is 1390. The lowest BCUT2D eigenvalue weighted by atomic mass is 9.84. The first-order valence-corrected chi connectivity index (χ1v) is 13.0. The quantitative estimate of drug-likeness (QED) is 0.475. The Kier molecular flexibility index (Phi) is 6.26. The molecule has 0 amide bonds. The van der Waals surface area contributed by atoms with Crippen molar-refractivity contribution in [2.45, 2.75) is 63.3 Å². The molecule has 0 saturated carbocycles. The summed E-state index contributed by atoms with van der Waals surface area (Å²) >= 11 is 0. The van der Waals surface area contributed by atoms with Crippen LogP contribution in [0.3, 0.4) is 0 Å². The molecule has 3 aliphatic heterocycles. The number of fused-ring (bicyclic) bond motifs is 1. The molecule has 13 heteroatoms. The van der Waals surface area contributed by atoms with Crippen LogP contribution in [-0.2, 0) is 11.8 Å². The van der Waals surface area contributed by atoms with Crippen molar-refractivity contribution in [3.63, 3.8) is 0 Å². The van der Waals surface area contributed by atoms with Crippen LogP contribution < -0.4 is 21.1 Å². The van der Waals surface area contributed by atoms with Gasteiger partial charge in [-0.05, 0) is 74.7 Å². The second-order valence-electron chi connectivity index (χ2n) is 10.9. The van der Waals surface area contributed by atoms with Crippen molar-refractivity contribution in [1.82, 2.24) is 34.7 Å². The number of piperidine rings is 1. The summed E-state index contributed by atoms with van der Waals surface area (Å²) in [5.41, 5.74) is 0.614. The third-order valence-corrected chi connectivity index (χ3v) is 7.61. The summed E-state index contributed by atoms with van der Waals surface area (Å²) in [4.78, 5) is 23.7. The molecule has 12 nitrogen and oxygen atoms in total. The Balaban J connectivity index is 1.24. The van der Waals surface area contributed by atoms with Gasteiger partial charge in [0.1, 0.15) is 17.5 Å². The monoisotopic (exact) mass is 525 g/mol. The molecule has 38 heavy (non-hydrogen) atoms. The highest BCUT2D eigenvalue weighted by molar-refractivity contribution is 5.62. The molecule has 3 fully saturated rings. The van der Waals surface area contributed by atoms with Gasteiger partial charge in [-0.15, -0.1) is 0 Å². The third-order valence-electron chi connectivity index (χ3n) is 7.61. The number of tetrazole rings is 1. The molecule has 5 heterocycles. The van der Waals surface area contributed by atoms with E-state index >= 15 is 0 Å². The Morgan fingerprint density at radius 1 is 1.24 bits per heavy atom. The van der Waals surface area contributed by atoms with Crippen molar-refractivity contribution in [2.24, 2.45) is 7.05 Å². The summed E-state index contributed by atoms with van der Waals surface area (Å²) in [7, 11) is 1.52. The molecule has 0 spiro atoms. The number of anilines is 3. The lowest BCUT2D eigenvalue weighted by molar-refractivity contribution is -0.0797. The van der Waals surface area contributed by atoms with Gasteiger partial charge in [-0.2, -0.15) is 14.3 Å². The van der Waals surface area contributed by atoms with Gasteiger partial charge >= 0.3 is 5.69 Å². The minimum Gasteiger partial charge on any atom is -0.483 e. The standard InChI is InChI=1S/C25H32FN9O3/c1-25(2)11-16(9-17-5-4-8-34(17)25)28-22-19(26)12-27-23(30-22)29-15-6-7-21(38-18-13-37-14-18)20(10-15)35-24(36)33(3)31-32-35/h6-7,10,12,16-18H,4-5,8-9,11,13-14H2,1-3H3,(H2,27,28,29,30)/t16-,17?/m1/s1. The fourth-order valence-electron chi connectivity index (χ4n) is 5.76. The zero-order valence-electron chi connectivity index (χ0n) is 21.7. The van der Waals surface area contributed by atoms with Crippen LogP contribution in [0.15, 0.2) is 29.2 Å². The van der Waals surface area contributed by atoms with E-state index in [9.17, 15) is 9.18 Å². The van der Waals surface area contributed by atoms with E-state index in [-0.39, 0.29) is 29.5 Å². The van der Waals surface area contributed by atoms with Crippen LogP contribution in [0.25, 0.3) is 5.69 Å². The number of ether oxygens (including phenoxy) is 2. The summed E-state index contributed by atoms with van der Waals surface area (Å²) in [6, 6.07) is 5.83. The molecule has 1 aromatic carbocycles. The molecule has 2 N–H and O–H groups in total. The predicted molar refractivity (Wildman–Crippen MR) is 138 cm³/mol. The average molecular weight is 526 g/mol. The molecule has 1 unspecified atom stereocenters. The molecule has 202 valence electrons. The van der Waals surface area contributed by atoms with Crippen molar-refractivity contribution in [1.29, 1.82) is 0 Å². The van der Waals surface area contributed by atoms with Gasteiger partial charge in [-0.1, -0.05) is 0 Å². The van der Waals surface area contributed by atoms with Gasteiger partial charge in [0.05, 0.1) is 19.4 Å². The van der Waals surface area contributed by atoms with Crippen molar-refractivity contribution < 1.29 is 13.9 Å². The van der Waals surface area contributed by atoms with Crippen LogP contribution in [0.1, 0.15) is 39.5 Å². The number of nitrogens with zero attached hydrogens (tertiary/aromatic N) is 7. The second kappa shape index (κ2) is 9.62. The Labute approximate surface area is 219 Å². The Morgan fingerprint density at radius 3 is 2.82 bits per heavy atom. The molecule has 6 rings (SSSR count). The van der Waals surface area contributed by atoms with Crippen LogP contribution in [0.4, 0.5) is 21.8 Å². The molecule has 0 bridgehead atoms. The highest BCUT2D eigenvalue weighted by Crippen LogP contribution is 2.38. The highest BCUT2D eigenvalue weighted by atomic mass is 19.1. The average Bonchev–Trinajstić information content (AvgIpc) is 3.46. The van der Waals surface area contributed by atoms with Crippen molar-refractivity contribution in [3.8, 4) is 11.4 Å². The normalized spacial score (nSPS) is 23.1. The summed E-state index contributed by atoms with van der Waals surface area (Å²) in [6.45, 7) is 6.60. The van der Waals surface area contributed by atoms with Gasteiger partial charge in [0.25, 0.3) is 0 Å². The largest absolute Gasteiger partial charge is 0.483 e. The van der Waals surface area contributed by atoms with Gasteiger partial charge in [0.15, 0.2) is 11.6 Å². The predicted octanol–water partition coefficient (Wildman–Crippen LogP) is 2.23. The maximum absolute atomic E-state index is 14.8. The molecule has 3 aromatic rings. The van der Waals surface area contributed by atoms with E-state index in [0.717, 1.165) is 34.9 Å². The molecule has 3 saturated heterocycles. The first-order valence-electron chi connectivity index (χ1n) is 13.0. The molecule has 0 aliphatic carbocycles. The summed E-state index contributed by atoms with van der Waals surface area (Å²) in [5.74, 6) is 0.366. The number of hydrogen-bond donors (Lipinski definition) is 2. The van der Waals surface area contributed by atoms with E-state index < -0.39 is 11.5 Å². The number of hydrogen-bond acceptors (Lipinski definition) is 10. The third kappa shape index (κ3) is 4.71. The first-order chi connectivity index (χ1) is 18.3. The van der Waals surface area contributed by atoms with E-state index in [4.69, 9.17) is 9.47 Å². The lowest BCUT2D eigenvalue weighted by Gasteiger charge is -2.47. The van der Waals surface area contributed by atoms with Gasteiger partial charge in [-0.25, -0.2) is 14.2 Å². The zero-order chi connectivity index (χ0) is 26.4. The van der Waals surface area contributed by atoms with E-state index in [1.54, 1.807) is 18.2 Å². The minimum absolute atomic E-state index is 0.0475. The van der Waals surface area contributed by atoms with Crippen LogP contribution in [0.2, 0.25) is 0 Å². The lowest BCUT2D eigenvalue weighted by Crippen LogP contribution is -2.55. The van der Waals surface area contributed by atoms with Gasteiger partial charge in [0.2, 0.25) is 5.95 Å². The van der Waals surface area contributed by atoms with Gasteiger partial charge < -0.3 is 20.1 Å². The van der Waals surface area contributed by atoms with E-state index in [2.05, 4.69) is 49.8 Å².